The fourth-order valence-electron chi connectivity index (χ4n) is 1.60. The van der Waals surface area contributed by atoms with Crippen LogP contribution >= 0.6 is 34.0 Å². The van der Waals surface area contributed by atoms with Crippen LogP contribution in [0.1, 0.15) is 10.4 Å². The zero-order chi connectivity index (χ0) is 12.5. The van der Waals surface area contributed by atoms with Crippen molar-refractivity contribution < 1.29 is 9.90 Å². The summed E-state index contributed by atoms with van der Waals surface area (Å²) in [6, 6.07) is 10.0. The average molecular weight is 292 g/mol. The van der Waals surface area contributed by atoms with Crippen molar-refractivity contribution in [3.8, 4) is 19.5 Å². The molecule has 0 amide bonds. The molecule has 0 radical (unpaired) electrons. The summed E-state index contributed by atoms with van der Waals surface area (Å²) in [5, 5.41) is 12.7. The maximum Gasteiger partial charge on any atom is 0.336 e. The molecule has 2 nitrogen and oxygen atoms in total. The van der Waals surface area contributed by atoms with E-state index >= 15 is 0 Å². The van der Waals surface area contributed by atoms with Crippen molar-refractivity contribution in [3.05, 3.63) is 46.7 Å². The van der Waals surface area contributed by atoms with E-state index in [4.69, 9.17) is 5.11 Å². The normalized spacial score (nSPS) is 10.7. The molecule has 90 valence electrons. The van der Waals surface area contributed by atoms with Crippen LogP contribution in [-0.4, -0.2) is 11.1 Å². The Bertz CT molecular complexity index is 677. The minimum atomic E-state index is -0.868. The molecule has 0 aliphatic rings. The molecule has 0 unspecified atom stereocenters. The highest BCUT2D eigenvalue weighted by Crippen LogP contribution is 2.38. The Morgan fingerprint density at radius 3 is 2.39 bits per heavy atom. The van der Waals surface area contributed by atoms with Gasteiger partial charge in [-0.1, -0.05) is 6.07 Å². The molecule has 0 saturated heterocycles. The number of hydrogen-bond donors (Lipinski definition) is 1. The summed E-state index contributed by atoms with van der Waals surface area (Å²) < 4.78 is 0. The molecule has 0 aliphatic carbocycles. The van der Waals surface area contributed by atoms with Gasteiger partial charge in [-0.05, 0) is 29.6 Å². The van der Waals surface area contributed by atoms with Crippen LogP contribution in [0.3, 0.4) is 0 Å². The van der Waals surface area contributed by atoms with Gasteiger partial charge < -0.3 is 5.11 Å². The molecule has 3 heterocycles. The molecule has 5 heteroatoms. The molecule has 0 aliphatic heterocycles. The molecule has 0 spiro atoms. The van der Waals surface area contributed by atoms with Gasteiger partial charge in [-0.2, -0.15) is 0 Å². The SMILES string of the molecule is O=C(O)c1csc(-c2ccc(-c3cccs3)s2)c1. The van der Waals surface area contributed by atoms with Crippen molar-refractivity contribution >= 4 is 40.0 Å². The van der Waals surface area contributed by atoms with E-state index in [9.17, 15) is 4.79 Å². The number of aromatic carboxylic acids is 1. The molecular weight excluding hydrogens is 284 g/mol. The summed E-state index contributed by atoms with van der Waals surface area (Å²) in [5.41, 5.74) is 0.362. The maximum absolute atomic E-state index is 10.8. The molecule has 0 atom stereocenters. The van der Waals surface area contributed by atoms with Crippen LogP contribution < -0.4 is 0 Å². The van der Waals surface area contributed by atoms with Gasteiger partial charge in [0.15, 0.2) is 0 Å². The number of thiophene rings is 3. The number of carboxylic acid groups (broad SMARTS) is 1. The molecule has 3 aromatic heterocycles. The van der Waals surface area contributed by atoms with Crippen LogP contribution in [0.25, 0.3) is 19.5 Å². The second-order valence-corrected chi connectivity index (χ2v) is 6.59. The van der Waals surface area contributed by atoms with E-state index in [0.717, 1.165) is 9.75 Å². The van der Waals surface area contributed by atoms with Crippen LogP contribution in [-0.2, 0) is 0 Å². The van der Waals surface area contributed by atoms with Gasteiger partial charge >= 0.3 is 5.97 Å². The third-order valence-corrected chi connectivity index (χ3v) is 5.74. The van der Waals surface area contributed by atoms with Gasteiger partial charge in [-0.25, -0.2) is 4.79 Å². The third kappa shape index (κ3) is 2.12. The van der Waals surface area contributed by atoms with Crippen molar-refractivity contribution in [1.82, 2.24) is 0 Å². The molecule has 3 rings (SSSR count). The lowest BCUT2D eigenvalue weighted by Gasteiger charge is -1.90. The van der Waals surface area contributed by atoms with Crippen LogP contribution in [0.4, 0.5) is 0 Å². The summed E-state index contributed by atoms with van der Waals surface area (Å²) in [7, 11) is 0. The molecule has 3 aromatic rings. The standard InChI is InChI=1S/C13H8O2S3/c14-13(15)8-6-12(17-7-8)11-4-3-10(18-11)9-2-1-5-16-9/h1-7H,(H,14,15). The Morgan fingerprint density at radius 1 is 1.00 bits per heavy atom. The van der Waals surface area contributed by atoms with Gasteiger partial charge in [-0.15, -0.1) is 34.0 Å². The molecular formula is C13H8O2S3. The number of hydrogen-bond acceptors (Lipinski definition) is 4. The number of carboxylic acids is 1. The Labute approximate surface area is 116 Å². The smallest absolute Gasteiger partial charge is 0.336 e. The van der Waals surface area contributed by atoms with E-state index in [0.29, 0.717) is 5.56 Å². The van der Waals surface area contributed by atoms with Crippen molar-refractivity contribution in [2.45, 2.75) is 0 Å². The molecule has 0 bridgehead atoms. The highest BCUT2D eigenvalue weighted by molar-refractivity contribution is 7.25. The average Bonchev–Trinajstić information content (AvgIpc) is 3.10. The van der Waals surface area contributed by atoms with Gasteiger partial charge in [-0.3, -0.25) is 0 Å². The lowest BCUT2D eigenvalue weighted by atomic mass is 10.3. The lowest BCUT2D eigenvalue weighted by Crippen LogP contribution is -1.91. The molecule has 1 N–H and O–H groups in total. The highest BCUT2D eigenvalue weighted by Gasteiger charge is 2.10. The lowest BCUT2D eigenvalue weighted by molar-refractivity contribution is 0.0697. The minimum absolute atomic E-state index is 0.362. The summed E-state index contributed by atoms with van der Waals surface area (Å²) in [4.78, 5) is 15.5. The van der Waals surface area contributed by atoms with E-state index in [1.807, 2.05) is 6.07 Å². The predicted octanol–water partition coefficient (Wildman–Crippen LogP) is 4.90. The van der Waals surface area contributed by atoms with Gasteiger partial charge in [0.1, 0.15) is 0 Å². The zero-order valence-electron chi connectivity index (χ0n) is 9.12. The fraction of sp³-hybridized carbons (Fsp3) is 0. The summed E-state index contributed by atoms with van der Waals surface area (Å²) in [6.07, 6.45) is 0. The molecule has 0 fully saturated rings. The van der Waals surface area contributed by atoms with Crippen molar-refractivity contribution in [3.63, 3.8) is 0 Å². The second kappa shape index (κ2) is 4.68. The minimum Gasteiger partial charge on any atom is -0.478 e. The Hall–Kier alpha value is -1.43. The summed E-state index contributed by atoms with van der Waals surface area (Å²) in [6.45, 7) is 0. The van der Waals surface area contributed by atoms with Gasteiger partial charge in [0.25, 0.3) is 0 Å². The molecule has 0 aromatic carbocycles. The quantitative estimate of drug-likeness (QED) is 0.745. The summed E-state index contributed by atoms with van der Waals surface area (Å²) >= 11 is 4.89. The Morgan fingerprint density at radius 2 is 1.78 bits per heavy atom. The Kier molecular flexibility index (Phi) is 3.03. The van der Waals surface area contributed by atoms with Crippen molar-refractivity contribution in [2.24, 2.45) is 0 Å². The number of carbonyl (C=O) groups is 1. The second-order valence-electron chi connectivity index (χ2n) is 3.65. The number of rotatable bonds is 3. The van der Waals surface area contributed by atoms with E-state index in [2.05, 4.69) is 23.6 Å². The Balaban J connectivity index is 1.95. The maximum atomic E-state index is 10.8. The monoisotopic (exact) mass is 292 g/mol. The third-order valence-electron chi connectivity index (χ3n) is 2.46. The van der Waals surface area contributed by atoms with Crippen LogP contribution in [0.15, 0.2) is 41.1 Å². The summed E-state index contributed by atoms with van der Waals surface area (Å²) in [5.74, 6) is -0.868. The van der Waals surface area contributed by atoms with Crippen molar-refractivity contribution in [2.75, 3.05) is 0 Å². The van der Waals surface area contributed by atoms with Gasteiger partial charge in [0.05, 0.1) is 5.56 Å². The first kappa shape index (κ1) is 11.6. The topological polar surface area (TPSA) is 37.3 Å². The van der Waals surface area contributed by atoms with E-state index in [-0.39, 0.29) is 0 Å². The van der Waals surface area contributed by atoms with Gasteiger partial charge in [0.2, 0.25) is 0 Å². The highest BCUT2D eigenvalue weighted by atomic mass is 32.1. The van der Waals surface area contributed by atoms with Crippen LogP contribution in [0, 0.1) is 0 Å². The first-order valence-electron chi connectivity index (χ1n) is 5.20. The largest absolute Gasteiger partial charge is 0.478 e. The zero-order valence-corrected chi connectivity index (χ0v) is 11.6. The van der Waals surface area contributed by atoms with E-state index < -0.39 is 5.97 Å². The van der Waals surface area contributed by atoms with E-state index in [1.54, 1.807) is 34.1 Å². The first-order valence-corrected chi connectivity index (χ1v) is 7.77. The predicted molar refractivity (Wildman–Crippen MR) is 77.9 cm³/mol. The van der Waals surface area contributed by atoms with Crippen molar-refractivity contribution in [1.29, 1.82) is 0 Å². The first-order chi connectivity index (χ1) is 8.74. The van der Waals surface area contributed by atoms with E-state index in [1.165, 1.54) is 21.1 Å². The molecule has 18 heavy (non-hydrogen) atoms. The fourth-order valence-corrected chi connectivity index (χ4v) is 4.42. The van der Waals surface area contributed by atoms with Crippen LogP contribution in [0.5, 0.6) is 0 Å². The molecule has 0 saturated carbocycles. The van der Waals surface area contributed by atoms with Crippen LogP contribution in [0.2, 0.25) is 0 Å². The van der Waals surface area contributed by atoms with Gasteiger partial charge in [0, 0.05) is 24.9 Å².